The zero-order chi connectivity index (χ0) is 26.6. The number of esters is 1. The van der Waals surface area contributed by atoms with Crippen LogP contribution < -0.4 is 16.6 Å². The van der Waals surface area contributed by atoms with Gasteiger partial charge in [0.2, 0.25) is 5.91 Å². The molecule has 0 bridgehead atoms. The number of benzene rings is 2. The van der Waals surface area contributed by atoms with Crippen LogP contribution in [0, 0.1) is 13.8 Å². The Balaban J connectivity index is 2.26. The Labute approximate surface area is 214 Å². The van der Waals surface area contributed by atoms with Crippen molar-refractivity contribution in [3.8, 4) is 5.69 Å². The van der Waals surface area contributed by atoms with E-state index in [1.807, 2.05) is 19.0 Å². The van der Waals surface area contributed by atoms with E-state index in [0.29, 0.717) is 17.7 Å². The number of ether oxygens (including phenoxy) is 1. The van der Waals surface area contributed by atoms with Crippen LogP contribution in [0.5, 0.6) is 0 Å². The third kappa shape index (κ3) is 5.52. The molecule has 1 N–H and O–H groups in total. The first kappa shape index (κ1) is 27.2. The molecule has 0 saturated carbocycles. The van der Waals surface area contributed by atoms with Gasteiger partial charge in [0, 0.05) is 6.54 Å². The lowest BCUT2D eigenvalue weighted by molar-refractivity contribution is -0.121. The van der Waals surface area contributed by atoms with Crippen LogP contribution in [-0.4, -0.2) is 59.7 Å². The van der Waals surface area contributed by atoms with E-state index in [1.54, 1.807) is 51.1 Å². The summed E-state index contributed by atoms with van der Waals surface area (Å²) in [7, 11) is 3.89. The van der Waals surface area contributed by atoms with Crippen molar-refractivity contribution in [2.24, 2.45) is 0 Å². The molecule has 36 heavy (non-hydrogen) atoms. The van der Waals surface area contributed by atoms with Crippen molar-refractivity contribution in [1.82, 2.24) is 19.4 Å². The summed E-state index contributed by atoms with van der Waals surface area (Å²) in [6.45, 7) is 6.15. The maximum Gasteiger partial charge on any atom is 0.338 e. The van der Waals surface area contributed by atoms with Crippen LogP contribution in [0.25, 0.3) is 16.6 Å². The van der Waals surface area contributed by atoms with E-state index in [2.05, 4.69) is 5.32 Å². The molecule has 0 aliphatic carbocycles. The highest BCUT2D eigenvalue weighted by Gasteiger charge is 2.24. The number of nitrogens with one attached hydrogen (secondary N) is 1. The molecule has 0 spiro atoms. The highest BCUT2D eigenvalue weighted by molar-refractivity contribution is 6.32. The van der Waals surface area contributed by atoms with E-state index < -0.39 is 17.2 Å². The molecule has 2 aromatic carbocycles. The van der Waals surface area contributed by atoms with Gasteiger partial charge in [-0.2, -0.15) is 0 Å². The molecule has 0 unspecified atom stereocenters. The average Bonchev–Trinajstić information content (AvgIpc) is 2.80. The van der Waals surface area contributed by atoms with Crippen LogP contribution in [0.4, 0.5) is 0 Å². The average molecular weight is 515 g/mol. The highest BCUT2D eigenvalue weighted by Crippen LogP contribution is 2.25. The molecule has 0 atom stereocenters. The summed E-state index contributed by atoms with van der Waals surface area (Å²) >= 11 is 6.34. The number of fused-ring (bicyclic) bond motifs is 1. The fourth-order valence-corrected chi connectivity index (χ4v) is 4.43. The molecular weight excluding hydrogens is 484 g/mol. The lowest BCUT2D eigenvalue weighted by Gasteiger charge is -2.18. The first-order valence-electron chi connectivity index (χ1n) is 11.7. The maximum absolute atomic E-state index is 13.7. The van der Waals surface area contributed by atoms with Crippen molar-refractivity contribution in [2.45, 2.75) is 33.7 Å². The lowest BCUT2D eigenvalue weighted by atomic mass is 9.98. The second-order valence-corrected chi connectivity index (χ2v) is 9.18. The van der Waals surface area contributed by atoms with Crippen molar-refractivity contribution in [3.63, 3.8) is 0 Å². The van der Waals surface area contributed by atoms with Gasteiger partial charge < -0.3 is 15.0 Å². The first-order chi connectivity index (χ1) is 17.1. The summed E-state index contributed by atoms with van der Waals surface area (Å²) in [6, 6.07) is 8.04. The molecule has 0 aliphatic heterocycles. The smallest absolute Gasteiger partial charge is 0.338 e. The van der Waals surface area contributed by atoms with Gasteiger partial charge >= 0.3 is 11.7 Å². The van der Waals surface area contributed by atoms with E-state index in [-0.39, 0.29) is 46.2 Å². The minimum Gasteiger partial charge on any atom is -0.462 e. The number of hydrogen-bond donors (Lipinski definition) is 1. The summed E-state index contributed by atoms with van der Waals surface area (Å²) in [5, 5.41) is 3.17. The van der Waals surface area contributed by atoms with Crippen molar-refractivity contribution in [1.29, 1.82) is 0 Å². The van der Waals surface area contributed by atoms with Gasteiger partial charge in [-0.05, 0) is 77.2 Å². The monoisotopic (exact) mass is 514 g/mol. The Hall–Kier alpha value is -3.43. The van der Waals surface area contributed by atoms with Gasteiger partial charge in [-0.1, -0.05) is 23.7 Å². The molecule has 3 rings (SSSR count). The summed E-state index contributed by atoms with van der Waals surface area (Å²) < 4.78 is 7.39. The molecule has 0 fully saturated rings. The molecule has 10 heteroatoms. The Kier molecular flexibility index (Phi) is 8.70. The van der Waals surface area contributed by atoms with Crippen molar-refractivity contribution >= 4 is 34.4 Å². The van der Waals surface area contributed by atoms with Crippen LogP contribution in [-0.2, 0) is 16.1 Å². The predicted octanol–water partition coefficient (Wildman–Crippen LogP) is 2.67. The van der Waals surface area contributed by atoms with Crippen molar-refractivity contribution in [2.75, 3.05) is 33.8 Å². The predicted molar refractivity (Wildman–Crippen MR) is 140 cm³/mol. The summed E-state index contributed by atoms with van der Waals surface area (Å²) in [6.07, 6.45) is 0.745. The third-order valence-corrected chi connectivity index (χ3v) is 6.18. The van der Waals surface area contributed by atoms with Crippen molar-refractivity contribution < 1.29 is 14.3 Å². The molecular formula is C26H31ClN4O5. The fraction of sp³-hybridized carbons (Fsp3) is 0.385. The van der Waals surface area contributed by atoms with E-state index in [1.165, 1.54) is 4.57 Å². The lowest BCUT2D eigenvalue weighted by Crippen LogP contribution is -2.42. The Morgan fingerprint density at radius 3 is 2.47 bits per heavy atom. The SMILES string of the molecule is CCOC(=O)c1c(C)cc2c(c1C)c(=O)n(-c1ccccc1Cl)c(=O)n2CC(=O)NCCCN(C)C. The van der Waals surface area contributed by atoms with E-state index >= 15 is 0 Å². The zero-order valence-corrected chi connectivity index (χ0v) is 21.9. The summed E-state index contributed by atoms with van der Waals surface area (Å²) in [5.41, 5.74) is 0.280. The minimum atomic E-state index is -0.702. The van der Waals surface area contributed by atoms with Gasteiger partial charge in [0.05, 0.1) is 33.8 Å². The Morgan fingerprint density at radius 2 is 1.83 bits per heavy atom. The van der Waals surface area contributed by atoms with Gasteiger partial charge in [0.1, 0.15) is 6.54 Å². The normalized spacial score (nSPS) is 11.2. The molecule has 1 amide bonds. The topological polar surface area (TPSA) is 103 Å². The van der Waals surface area contributed by atoms with Gasteiger partial charge in [-0.3, -0.25) is 14.2 Å². The van der Waals surface area contributed by atoms with Crippen molar-refractivity contribution in [3.05, 3.63) is 72.9 Å². The molecule has 1 aromatic heterocycles. The number of rotatable bonds is 9. The Morgan fingerprint density at radius 1 is 1.14 bits per heavy atom. The quantitative estimate of drug-likeness (QED) is 0.348. The summed E-state index contributed by atoms with van der Waals surface area (Å²) in [4.78, 5) is 54.9. The van der Waals surface area contributed by atoms with Gasteiger partial charge in [-0.25, -0.2) is 14.2 Å². The summed E-state index contributed by atoms with van der Waals surface area (Å²) in [5.74, 6) is -0.930. The second-order valence-electron chi connectivity index (χ2n) is 8.78. The molecule has 0 aliphatic rings. The number of para-hydroxylation sites is 1. The second kappa shape index (κ2) is 11.5. The van der Waals surface area contributed by atoms with Crippen LogP contribution in [0.15, 0.2) is 39.9 Å². The van der Waals surface area contributed by atoms with Crippen LogP contribution in [0.3, 0.4) is 0 Å². The van der Waals surface area contributed by atoms with Crippen LogP contribution in [0.1, 0.15) is 34.8 Å². The molecule has 0 saturated heterocycles. The zero-order valence-electron chi connectivity index (χ0n) is 21.2. The molecule has 192 valence electrons. The first-order valence-corrected chi connectivity index (χ1v) is 12.1. The number of aromatic nitrogens is 2. The molecule has 1 heterocycles. The number of halogens is 1. The van der Waals surface area contributed by atoms with Gasteiger partial charge in [0.15, 0.2) is 0 Å². The Bertz CT molecular complexity index is 1420. The van der Waals surface area contributed by atoms with E-state index in [4.69, 9.17) is 16.3 Å². The van der Waals surface area contributed by atoms with Gasteiger partial charge in [0.25, 0.3) is 5.56 Å². The number of hydrogen-bond acceptors (Lipinski definition) is 6. The van der Waals surface area contributed by atoms with Crippen LogP contribution >= 0.6 is 11.6 Å². The number of carbonyl (C=O) groups excluding carboxylic acids is 2. The van der Waals surface area contributed by atoms with Crippen LogP contribution in [0.2, 0.25) is 5.02 Å². The minimum absolute atomic E-state index is 0.142. The molecule has 9 nitrogen and oxygen atoms in total. The number of aryl methyl sites for hydroxylation is 2. The van der Waals surface area contributed by atoms with Gasteiger partial charge in [-0.15, -0.1) is 0 Å². The standard InChI is InChI=1S/C26H31ClN4O5/c1-6-36-25(34)22-16(2)14-20-23(17(22)3)24(33)31(19-11-8-7-10-18(19)27)26(35)30(20)15-21(32)28-12-9-13-29(4)5/h7-8,10-11,14H,6,9,12-13,15H2,1-5H3,(H,28,32). The number of amides is 1. The maximum atomic E-state index is 13.7. The number of carbonyl (C=O) groups is 2. The molecule has 0 radical (unpaired) electrons. The largest absolute Gasteiger partial charge is 0.462 e. The number of nitrogens with zero attached hydrogens (tertiary/aromatic N) is 3. The van der Waals surface area contributed by atoms with E-state index in [9.17, 15) is 19.2 Å². The highest BCUT2D eigenvalue weighted by atomic mass is 35.5. The fourth-order valence-electron chi connectivity index (χ4n) is 4.21. The van der Waals surface area contributed by atoms with E-state index in [0.717, 1.165) is 17.5 Å². The molecule has 3 aromatic rings. The third-order valence-electron chi connectivity index (χ3n) is 5.86.